The van der Waals surface area contributed by atoms with Crippen LogP contribution in [-0.2, 0) is 4.79 Å². The standard InChI is InChI=1S/C24H21N3O3/c1-24(2)12-19-22(20(28)13-24)21(14-5-7-15(8-6-14)27(29)30)17-9-10-18-16(23(17)26-19)4-3-11-25-18/h3-11,21,26H,12-13H2,1-2H3. The number of nitrogens with zero attached hydrogens (tertiary/aromatic N) is 2. The van der Waals surface area contributed by atoms with Crippen LogP contribution < -0.4 is 5.32 Å². The summed E-state index contributed by atoms with van der Waals surface area (Å²) in [5.41, 5.74) is 5.37. The Labute approximate surface area is 173 Å². The summed E-state index contributed by atoms with van der Waals surface area (Å²) in [6, 6.07) is 14.5. The SMILES string of the molecule is CC1(C)CC(=O)C2=C(C1)Nc1c(ccc3ncccc13)C2c1ccc([N+](=O)[O-])cc1. The number of nitrogens with one attached hydrogen (secondary N) is 1. The lowest BCUT2D eigenvalue weighted by atomic mass is 9.68. The lowest BCUT2D eigenvalue weighted by Gasteiger charge is -2.39. The monoisotopic (exact) mass is 399 g/mol. The molecule has 1 aliphatic heterocycles. The topological polar surface area (TPSA) is 85.1 Å². The first kappa shape index (κ1) is 18.5. The Morgan fingerprint density at radius 1 is 1.10 bits per heavy atom. The second-order valence-electron chi connectivity index (χ2n) is 8.84. The zero-order valence-electron chi connectivity index (χ0n) is 16.8. The maximum atomic E-state index is 13.3. The third kappa shape index (κ3) is 2.87. The predicted octanol–water partition coefficient (Wildman–Crippen LogP) is 5.34. The molecule has 30 heavy (non-hydrogen) atoms. The van der Waals surface area contributed by atoms with Crippen LogP contribution in [-0.4, -0.2) is 15.7 Å². The Balaban J connectivity index is 1.75. The molecule has 0 fully saturated rings. The van der Waals surface area contributed by atoms with Gasteiger partial charge in [-0.25, -0.2) is 0 Å². The van der Waals surface area contributed by atoms with Crippen LogP contribution in [0.5, 0.6) is 0 Å². The van der Waals surface area contributed by atoms with Gasteiger partial charge in [-0.05, 0) is 41.2 Å². The van der Waals surface area contributed by atoms with Gasteiger partial charge in [0.05, 0.1) is 16.1 Å². The van der Waals surface area contributed by atoms with Crippen LogP contribution in [0.3, 0.4) is 0 Å². The minimum absolute atomic E-state index is 0.0425. The van der Waals surface area contributed by atoms with E-state index in [9.17, 15) is 14.9 Å². The summed E-state index contributed by atoms with van der Waals surface area (Å²) in [6.07, 6.45) is 3.03. The molecular formula is C24H21N3O3. The fraction of sp³-hybridized carbons (Fsp3) is 0.250. The van der Waals surface area contributed by atoms with Gasteiger partial charge in [-0.3, -0.25) is 19.9 Å². The molecule has 5 rings (SSSR count). The van der Waals surface area contributed by atoms with Crippen LogP contribution in [0.15, 0.2) is 66.0 Å². The number of non-ortho nitro benzene ring substituents is 1. The summed E-state index contributed by atoms with van der Waals surface area (Å²) in [5.74, 6) is -0.126. The molecule has 0 bridgehead atoms. The lowest BCUT2D eigenvalue weighted by molar-refractivity contribution is -0.384. The zero-order valence-corrected chi connectivity index (χ0v) is 16.8. The van der Waals surface area contributed by atoms with Gasteiger partial charge in [0, 0.05) is 47.3 Å². The van der Waals surface area contributed by atoms with Crippen LogP contribution >= 0.6 is 0 Å². The van der Waals surface area contributed by atoms with Gasteiger partial charge in [-0.1, -0.05) is 32.0 Å². The number of fused-ring (bicyclic) bond motifs is 3. The number of ketones is 1. The van der Waals surface area contributed by atoms with Gasteiger partial charge in [-0.2, -0.15) is 0 Å². The molecule has 0 saturated carbocycles. The Kier molecular flexibility index (Phi) is 4.00. The first-order chi connectivity index (χ1) is 14.3. The molecule has 0 saturated heterocycles. The smallest absolute Gasteiger partial charge is 0.269 e. The summed E-state index contributed by atoms with van der Waals surface area (Å²) >= 11 is 0. The minimum Gasteiger partial charge on any atom is -0.358 e. The van der Waals surface area contributed by atoms with Gasteiger partial charge in [0.25, 0.3) is 5.69 Å². The number of carbonyl (C=O) groups is 1. The maximum Gasteiger partial charge on any atom is 0.269 e. The molecule has 0 spiro atoms. The molecule has 1 aliphatic carbocycles. The average Bonchev–Trinajstić information content (AvgIpc) is 2.71. The molecule has 6 nitrogen and oxygen atoms in total. The van der Waals surface area contributed by atoms with E-state index in [-0.39, 0.29) is 22.8 Å². The Morgan fingerprint density at radius 2 is 1.87 bits per heavy atom. The summed E-state index contributed by atoms with van der Waals surface area (Å²) < 4.78 is 0. The van der Waals surface area contributed by atoms with Gasteiger partial charge in [-0.15, -0.1) is 0 Å². The maximum absolute atomic E-state index is 13.3. The highest BCUT2D eigenvalue weighted by Crippen LogP contribution is 2.50. The molecule has 150 valence electrons. The highest BCUT2D eigenvalue weighted by atomic mass is 16.6. The number of carbonyl (C=O) groups excluding carboxylic acids is 1. The van der Waals surface area contributed by atoms with Crippen molar-refractivity contribution in [3.05, 3.63) is 87.2 Å². The molecule has 1 unspecified atom stereocenters. The van der Waals surface area contributed by atoms with Crippen molar-refractivity contribution in [1.82, 2.24) is 4.98 Å². The zero-order chi connectivity index (χ0) is 21.0. The van der Waals surface area contributed by atoms with Crippen molar-refractivity contribution in [1.29, 1.82) is 0 Å². The molecule has 0 amide bonds. The Bertz CT molecular complexity index is 1240. The lowest BCUT2D eigenvalue weighted by Crippen LogP contribution is -2.33. The van der Waals surface area contributed by atoms with E-state index in [2.05, 4.69) is 24.1 Å². The molecule has 0 radical (unpaired) electrons. The fourth-order valence-corrected chi connectivity index (χ4v) is 4.77. The number of nitro benzene ring substituents is 1. The van der Waals surface area contributed by atoms with Crippen molar-refractivity contribution >= 4 is 28.1 Å². The van der Waals surface area contributed by atoms with Crippen molar-refractivity contribution in [3.8, 4) is 0 Å². The number of nitro groups is 1. The normalized spacial score (nSPS) is 19.8. The van der Waals surface area contributed by atoms with Crippen molar-refractivity contribution in [2.45, 2.75) is 32.6 Å². The molecular weight excluding hydrogens is 378 g/mol. The molecule has 1 N–H and O–H groups in total. The van der Waals surface area contributed by atoms with Gasteiger partial charge in [0.2, 0.25) is 0 Å². The molecule has 3 aromatic rings. The van der Waals surface area contributed by atoms with E-state index in [4.69, 9.17) is 0 Å². The highest BCUT2D eigenvalue weighted by Gasteiger charge is 2.41. The van der Waals surface area contributed by atoms with Gasteiger partial charge in [0.15, 0.2) is 5.78 Å². The second-order valence-corrected chi connectivity index (χ2v) is 8.84. The fourth-order valence-electron chi connectivity index (χ4n) is 4.77. The van der Waals surface area contributed by atoms with E-state index in [1.165, 1.54) is 12.1 Å². The first-order valence-corrected chi connectivity index (χ1v) is 9.99. The second kappa shape index (κ2) is 6.49. The molecule has 6 heteroatoms. The first-order valence-electron chi connectivity index (χ1n) is 9.99. The summed E-state index contributed by atoms with van der Waals surface area (Å²) in [4.78, 5) is 28.4. The largest absolute Gasteiger partial charge is 0.358 e. The van der Waals surface area contributed by atoms with Crippen LogP contribution in [0.25, 0.3) is 10.9 Å². The van der Waals surface area contributed by atoms with E-state index in [0.29, 0.717) is 6.42 Å². The third-order valence-corrected chi connectivity index (χ3v) is 6.05. The van der Waals surface area contributed by atoms with Crippen molar-refractivity contribution < 1.29 is 9.72 Å². The van der Waals surface area contributed by atoms with E-state index in [1.54, 1.807) is 18.3 Å². The Morgan fingerprint density at radius 3 is 2.60 bits per heavy atom. The van der Waals surface area contributed by atoms with E-state index in [0.717, 1.165) is 45.4 Å². The number of benzene rings is 2. The number of allylic oxidation sites excluding steroid dienone is 2. The summed E-state index contributed by atoms with van der Waals surface area (Å²) in [5, 5.41) is 15.7. The third-order valence-electron chi connectivity index (χ3n) is 6.05. The Hall–Kier alpha value is -3.54. The van der Waals surface area contributed by atoms with Gasteiger partial charge < -0.3 is 5.32 Å². The minimum atomic E-state index is -0.404. The van der Waals surface area contributed by atoms with Crippen LogP contribution in [0, 0.1) is 15.5 Å². The molecule has 1 atom stereocenters. The van der Waals surface area contributed by atoms with Crippen molar-refractivity contribution in [2.24, 2.45) is 5.41 Å². The highest BCUT2D eigenvalue weighted by molar-refractivity contribution is 6.04. The number of hydrogen-bond donors (Lipinski definition) is 1. The molecule has 1 aromatic heterocycles. The predicted molar refractivity (Wildman–Crippen MR) is 115 cm³/mol. The molecule has 2 heterocycles. The van der Waals surface area contributed by atoms with E-state index >= 15 is 0 Å². The number of Topliss-reactive ketones (excluding diaryl/α,β-unsaturated/α-hetero) is 1. The molecule has 2 aromatic carbocycles. The van der Waals surface area contributed by atoms with Crippen LogP contribution in [0.4, 0.5) is 11.4 Å². The number of anilines is 1. The van der Waals surface area contributed by atoms with Gasteiger partial charge >= 0.3 is 0 Å². The summed E-state index contributed by atoms with van der Waals surface area (Å²) in [7, 11) is 0. The van der Waals surface area contributed by atoms with Crippen LogP contribution in [0.2, 0.25) is 0 Å². The van der Waals surface area contributed by atoms with E-state index < -0.39 is 4.92 Å². The van der Waals surface area contributed by atoms with Crippen LogP contribution in [0.1, 0.15) is 43.7 Å². The van der Waals surface area contributed by atoms with Gasteiger partial charge in [0.1, 0.15) is 0 Å². The number of hydrogen-bond acceptors (Lipinski definition) is 5. The summed E-state index contributed by atoms with van der Waals surface area (Å²) in [6.45, 7) is 4.22. The van der Waals surface area contributed by atoms with Crippen molar-refractivity contribution in [3.63, 3.8) is 0 Å². The number of rotatable bonds is 2. The molecule has 2 aliphatic rings. The average molecular weight is 399 g/mol. The van der Waals surface area contributed by atoms with Crippen molar-refractivity contribution in [2.75, 3.05) is 5.32 Å². The number of aromatic nitrogens is 1. The number of pyridine rings is 1. The van der Waals surface area contributed by atoms with E-state index in [1.807, 2.05) is 24.3 Å². The quantitative estimate of drug-likeness (QED) is 0.464.